The number of hydrogen-bond donors (Lipinski definition) is 0. The van der Waals surface area contributed by atoms with E-state index in [0.29, 0.717) is 26.4 Å². The fraction of sp³-hybridized carbons (Fsp3) is 0.340. The summed E-state index contributed by atoms with van der Waals surface area (Å²) in [5, 5.41) is 0. The lowest BCUT2D eigenvalue weighted by Gasteiger charge is -2.46. The van der Waals surface area contributed by atoms with Gasteiger partial charge in [-0.05, 0) is 77.1 Å². The molecule has 57 heavy (non-hydrogen) atoms. The van der Waals surface area contributed by atoms with Crippen LogP contribution in [0.15, 0.2) is 146 Å². The van der Waals surface area contributed by atoms with Crippen LogP contribution in [0.1, 0.15) is 70.4 Å². The van der Waals surface area contributed by atoms with Crippen molar-refractivity contribution in [2.45, 2.75) is 89.9 Å². The third kappa shape index (κ3) is 12.8. The van der Waals surface area contributed by atoms with Gasteiger partial charge in [0.1, 0.15) is 37.1 Å². The van der Waals surface area contributed by atoms with E-state index in [4.69, 9.17) is 28.4 Å². The van der Waals surface area contributed by atoms with Crippen molar-refractivity contribution in [3.63, 3.8) is 0 Å². The molecule has 1 aliphatic heterocycles. The molecule has 298 valence electrons. The van der Waals surface area contributed by atoms with E-state index in [1.165, 1.54) is 29.2 Å². The smallest absolute Gasteiger partial charge is 0.302 e. The Morgan fingerprint density at radius 1 is 0.667 bits per heavy atom. The van der Waals surface area contributed by atoms with Crippen molar-refractivity contribution >= 4 is 5.97 Å². The molecule has 0 unspecified atom stereocenters. The summed E-state index contributed by atoms with van der Waals surface area (Å²) in [7, 11) is 0. The topological polar surface area (TPSA) is 72.5 Å². The Bertz CT molecular complexity index is 1930. The summed E-state index contributed by atoms with van der Waals surface area (Å²) in [6.45, 7) is 9.65. The van der Waals surface area contributed by atoms with Crippen LogP contribution in [0, 0.1) is 6.92 Å². The van der Waals surface area contributed by atoms with Gasteiger partial charge in [-0.1, -0.05) is 140 Å². The largest absolute Gasteiger partial charge is 0.463 e. The minimum absolute atomic E-state index is 0.00874. The number of esters is 1. The molecule has 0 saturated carbocycles. The van der Waals surface area contributed by atoms with Crippen LogP contribution in [0.3, 0.4) is 0 Å². The van der Waals surface area contributed by atoms with Crippen LogP contribution in [0.5, 0.6) is 0 Å². The highest BCUT2D eigenvalue weighted by Gasteiger charge is 2.49. The minimum Gasteiger partial charge on any atom is -0.463 e. The quantitative estimate of drug-likeness (QED) is 0.0418. The van der Waals surface area contributed by atoms with Gasteiger partial charge in [-0.2, -0.15) is 0 Å². The molecule has 1 heterocycles. The van der Waals surface area contributed by atoms with Gasteiger partial charge in [-0.25, -0.2) is 0 Å². The Labute approximate surface area is 338 Å². The zero-order valence-corrected chi connectivity index (χ0v) is 33.3. The number of carbonyl (C=O) groups excluding carboxylic acids is 1. The zero-order chi connectivity index (χ0) is 39.7. The summed E-state index contributed by atoms with van der Waals surface area (Å²) in [6, 6.07) is 45.7. The first-order valence-corrected chi connectivity index (χ1v) is 20.1. The summed E-state index contributed by atoms with van der Waals surface area (Å²) >= 11 is 0. The van der Waals surface area contributed by atoms with Gasteiger partial charge in [-0.3, -0.25) is 4.79 Å². The Morgan fingerprint density at radius 3 is 1.81 bits per heavy atom. The molecule has 5 atom stereocenters. The predicted molar refractivity (Wildman–Crippen MR) is 224 cm³/mol. The minimum atomic E-state index is -0.634. The van der Waals surface area contributed by atoms with Crippen LogP contribution in [0.25, 0.3) is 0 Å². The van der Waals surface area contributed by atoms with Gasteiger partial charge >= 0.3 is 5.97 Å². The van der Waals surface area contributed by atoms with Crippen molar-refractivity contribution < 1.29 is 33.2 Å². The molecule has 1 saturated heterocycles. The van der Waals surface area contributed by atoms with E-state index in [-0.39, 0.29) is 12.6 Å². The average molecular weight is 769 g/mol. The predicted octanol–water partition coefficient (Wildman–Crippen LogP) is 9.87. The number of rotatable bonds is 21. The van der Waals surface area contributed by atoms with Gasteiger partial charge in [0.2, 0.25) is 0 Å². The lowest BCUT2D eigenvalue weighted by atomic mass is 9.88. The first-order valence-electron chi connectivity index (χ1n) is 20.1. The molecular weight excluding hydrogens is 713 g/mol. The van der Waals surface area contributed by atoms with Gasteiger partial charge in [0.15, 0.2) is 0 Å². The van der Waals surface area contributed by atoms with E-state index in [0.717, 1.165) is 54.5 Å². The monoisotopic (exact) mass is 768 g/mol. The second kappa shape index (κ2) is 22.2. The highest BCUT2D eigenvalue weighted by molar-refractivity contribution is 5.65. The van der Waals surface area contributed by atoms with Crippen LogP contribution in [0.2, 0.25) is 0 Å². The molecule has 1 aliphatic rings. The third-order valence-corrected chi connectivity index (χ3v) is 10.3. The zero-order valence-electron chi connectivity index (χ0n) is 33.3. The molecule has 0 bridgehead atoms. The van der Waals surface area contributed by atoms with Crippen molar-refractivity contribution in [3.05, 3.63) is 191 Å². The molecule has 1 fully saturated rings. The fourth-order valence-electron chi connectivity index (χ4n) is 7.19. The van der Waals surface area contributed by atoms with Crippen molar-refractivity contribution in [3.8, 4) is 0 Å². The van der Waals surface area contributed by atoms with Crippen LogP contribution in [-0.2, 0) is 65.9 Å². The Morgan fingerprint density at radius 2 is 1.23 bits per heavy atom. The van der Waals surface area contributed by atoms with Crippen LogP contribution < -0.4 is 0 Å². The number of ether oxygens (including phenoxy) is 6. The summed E-state index contributed by atoms with van der Waals surface area (Å²) in [5.41, 5.74) is 9.00. The number of unbranched alkanes of at least 4 members (excludes halogenated alkanes) is 1. The molecule has 5 aromatic rings. The van der Waals surface area contributed by atoms with Crippen LogP contribution in [0.4, 0.5) is 0 Å². The van der Waals surface area contributed by atoms with Gasteiger partial charge in [-0.15, -0.1) is 6.58 Å². The molecule has 7 nitrogen and oxygen atoms in total. The van der Waals surface area contributed by atoms with Crippen molar-refractivity contribution in [1.82, 2.24) is 0 Å². The third-order valence-electron chi connectivity index (χ3n) is 10.3. The van der Waals surface area contributed by atoms with Crippen LogP contribution >= 0.6 is 0 Å². The van der Waals surface area contributed by atoms with Crippen molar-refractivity contribution in [1.29, 1.82) is 0 Å². The number of carbonyl (C=O) groups is 1. The van der Waals surface area contributed by atoms with E-state index >= 15 is 0 Å². The van der Waals surface area contributed by atoms with Crippen molar-refractivity contribution in [2.24, 2.45) is 0 Å². The summed E-state index contributed by atoms with van der Waals surface area (Å²) in [4.78, 5) is 12.2. The molecule has 0 amide bonds. The molecule has 0 aliphatic carbocycles. The highest BCUT2D eigenvalue weighted by atomic mass is 16.6. The molecule has 5 aromatic carbocycles. The van der Waals surface area contributed by atoms with Gasteiger partial charge in [0.05, 0.1) is 26.4 Å². The second-order valence-corrected chi connectivity index (χ2v) is 14.7. The SMILES string of the molecule is C=CCOCCCCc1ccc(Cc2cc([C@@H]3O[C@H](COC(C)=O)[C@@H](OCc4ccccc4)[C@H](OCc4ccccc4)[C@H]3OCc3ccccc3)ccc2C)cc1. The molecule has 0 aromatic heterocycles. The number of hydrogen-bond acceptors (Lipinski definition) is 7. The molecule has 0 radical (unpaired) electrons. The van der Waals surface area contributed by atoms with Crippen LogP contribution in [-0.4, -0.2) is 50.2 Å². The van der Waals surface area contributed by atoms with Gasteiger partial charge in [0, 0.05) is 13.5 Å². The number of aryl methyl sites for hydroxylation is 2. The van der Waals surface area contributed by atoms with E-state index < -0.39 is 30.5 Å². The van der Waals surface area contributed by atoms with E-state index in [9.17, 15) is 4.79 Å². The number of benzene rings is 5. The maximum absolute atomic E-state index is 12.2. The molecular formula is C50H56O7. The molecule has 0 spiro atoms. The Hall–Kier alpha value is -4.89. The molecule has 7 heteroatoms. The average Bonchev–Trinajstić information content (AvgIpc) is 3.24. The summed E-state index contributed by atoms with van der Waals surface area (Å²) < 4.78 is 38.7. The summed E-state index contributed by atoms with van der Waals surface area (Å²) in [6.07, 6.45) is 2.74. The van der Waals surface area contributed by atoms with E-state index in [1.54, 1.807) is 6.08 Å². The lowest BCUT2D eigenvalue weighted by Crippen LogP contribution is -2.58. The van der Waals surface area contributed by atoms with Gasteiger partial charge < -0.3 is 28.4 Å². The maximum Gasteiger partial charge on any atom is 0.302 e. The first kappa shape index (κ1) is 41.7. The van der Waals surface area contributed by atoms with E-state index in [2.05, 4.69) is 68.1 Å². The van der Waals surface area contributed by atoms with E-state index in [1.807, 2.05) is 78.9 Å². The standard InChI is InChI=1S/C50H56O7/c1-4-29-52-30-15-14-16-39-24-26-40(27-25-39)31-45-32-44(28-23-37(45)2)47-49(55-34-42-19-10-6-11-20-42)50(56-35-43-21-12-7-13-22-43)48(46(57-47)36-53-38(3)51)54-33-41-17-8-5-9-18-41/h4-13,17-28,32,46-50H,1,14-16,29-31,33-36H2,2-3H3/t46-,47+,48-,49+,50+/m1/s1. The normalized spacial score (nSPS) is 19.2. The first-order chi connectivity index (χ1) is 28.0. The maximum atomic E-state index is 12.2. The Kier molecular flexibility index (Phi) is 16.2. The summed E-state index contributed by atoms with van der Waals surface area (Å²) in [5.74, 6) is -0.387. The highest BCUT2D eigenvalue weighted by Crippen LogP contribution is 2.39. The molecule has 0 N–H and O–H groups in total. The second-order valence-electron chi connectivity index (χ2n) is 14.7. The fourth-order valence-corrected chi connectivity index (χ4v) is 7.19. The lowest BCUT2D eigenvalue weighted by molar-refractivity contribution is -0.273. The van der Waals surface area contributed by atoms with Gasteiger partial charge in [0.25, 0.3) is 0 Å². The Balaban J connectivity index is 1.30. The van der Waals surface area contributed by atoms with Crippen molar-refractivity contribution in [2.75, 3.05) is 19.8 Å². The molecule has 6 rings (SSSR count).